The summed E-state index contributed by atoms with van der Waals surface area (Å²) >= 11 is 3.39. The number of carbonyl (C=O) groups is 4. The molecule has 3 aromatic rings. The van der Waals surface area contributed by atoms with Crippen LogP contribution in [0, 0.1) is 17.2 Å². The molecular weight excluding hydrogens is 670 g/mol. The number of ether oxygens (including phenoxy) is 3. The first-order valence-electron chi connectivity index (χ1n) is 14.7. The minimum absolute atomic E-state index is 0.0524. The van der Waals surface area contributed by atoms with E-state index in [0.717, 1.165) is 0 Å². The van der Waals surface area contributed by atoms with Gasteiger partial charge in [0, 0.05) is 23.4 Å². The molecule has 0 fully saturated rings. The van der Waals surface area contributed by atoms with Gasteiger partial charge in [-0.15, -0.1) is 0 Å². The smallest absolute Gasteiger partial charge is 0.412 e. The SMILES string of the molecule is CC(C)C[C@@H](NC(=O)C1=C[C@@H](Oc2ccc(C#N)cc2Br)[C@H](OC(=O)Nc2ccccc2)[C@H](OC(=O)Nc2ccccc2)C1)C(N)=O. The topological polar surface area (TPSA) is 182 Å². The first-order chi connectivity index (χ1) is 22.5. The van der Waals surface area contributed by atoms with Gasteiger partial charge in [-0.25, -0.2) is 9.59 Å². The van der Waals surface area contributed by atoms with Crippen molar-refractivity contribution in [3.8, 4) is 11.8 Å². The Labute approximate surface area is 280 Å². The Hall–Kier alpha value is -5.35. The summed E-state index contributed by atoms with van der Waals surface area (Å²) < 4.78 is 18.3. The van der Waals surface area contributed by atoms with E-state index in [0.29, 0.717) is 27.8 Å². The van der Waals surface area contributed by atoms with E-state index in [2.05, 4.69) is 31.9 Å². The van der Waals surface area contributed by atoms with E-state index in [1.54, 1.807) is 60.7 Å². The number of primary amides is 1. The third kappa shape index (κ3) is 10.1. The fourth-order valence-corrected chi connectivity index (χ4v) is 5.28. The number of para-hydroxylation sites is 2. The molecule has 0 aromatic heterocycles. The van der Waals surface area contributed by atoms with E-state index >= 15 is 0 Å². The second-order valence-electron chi connectivity index (χ2n) is 11.1. The second kappa shape index (κ2) is 16.3. The van der Waals surface area contributed by atoms with Gasteiger partial charge in [0.25, 0.3) is 0 Å². The maximum absolute atomic E-state index is 13.6. The molecule has 3 aromatic carbocycles. The Morgan fingerprint density at radius 2 is 1.53 bits per heavy atom. The van der Waals surface area contributed by atoms with Crippen LogP contribution in [0.25, 0.3) is 0 Å². The Morgan fingerprint density at radius 3 is 2.06 bits per heavy atom. The summed E-state index contributed by atoms with van der Waals surface area (Å²) in [6.45, 7) is 3.78. The fourth-order valence-electron chi connectivity index (χ4n) is 4.81. The van der Waals surface area contributed by atoms with Crippen molar-refractivity contribution >= 4 is 51.3 Å². The van der Waals surface area contributed by atoms with Gasteiger partial charge < -0.3 is 25.3 Å². The lowest BCUT2D eigenvalue weighted by Crippen LogP contribution is -2.51. The van der Waals surface area contributed by atoms with Crippen LogP contribution in [0.1, 0.15) is 32.3 Å². The first-order valence-corrected chi connectivity index (χ1v) is 15.5. The van der Waals surface area contributed by atoms with Crippen LogP contribution in [0.2, 0.25) is 0 Å². The largest absolute Gasteiger partial charge is 0.481 e. The van der Waals surface area contributed by atoms with Crippen LogP contribution >= 0.6 is 15.9 Å². The van der Waals surface area contributed by atoms with Crippen LogP contribution in [-0.2, 0) is 19.1 Å². The third-order valence-electron chi connectivity index (χ3n) is 6.99. The number of nitrogens with two attached hydrogens (primary N) is 1. The van der Waals surface area contributed by atoms with E-state index in [4.69, 9.17) is 19.9 Å². The summed E-state index contributed by atoms with van der Waals surface area (Å²) in [5, 5.41) is 17.2. The van der Waals surface area contributed by atoms with Crippen molar-refractivity contribution in [1.29, 1.82) is 5.26 Å². The van der Waals surface area contributed by atoms with Gasteiger partial charge in [-0.1, -0.05) is 50.2 Å². The number of hydrogen-bond donors (Lipinski definition) is 4. The fraction of sp³-hybridized carbons (Fsp3) is 0.265. The molecule has 5 N–H and O–H groups in total. The molecule has 4 rings (SSSR count). The molecule has 244 valence electrons. The lowest BCUT2D eigenvalue weighted by atomic mass is 9.90. The predicted molar refractivity (Wildman–Crippen MR) is 177 cm³/mol. The zero-order valence-electron chi connectivity index (χ0n) is 25.6. The predicted octanol–water partition coefficient (Wildman–Crippen LogP) is 5.65. The van der Waals surface area contributed by atoms with Crippen LogP contribution in [0.5, 0.6) is 5.75 Å². The highest BCUT2D eigenvalue weighted by Crippen LogP contribution is 2.33. The van der Waals surface area contributed by atoms with Crippen molar-refractivity contribution in [2.45, 2.75) is 51.0 Å². The van der Waals surface area contributed by atoms with E-state index < -0.39 is 48.4 Å². The van der Waals surface area contributed by atoms with Gasteiger partial charge in [0.05, 0.1) is 16.1 Å². The molecule has 0 spiro atoms. The van der Waals surface area contributed by atoms with Crippen LogP contribution in [-0.4, -0.2) is 48.4 Å². The Morgan fingerprint density at radius 1 is 0.936 bits per heavy atom. The van der Waals surface area contributed by atoms with Crippen molar-refractivity contribution in [2.75, 3.05) is 10.6 Å². The number of hydrogen-bond acceptors (Lipinski definition) is 8. The average molecular weight is 705 g/mol. The average Bonchev–Trinajstić information content (AvgIpc) is 3.03. The molecule has 0 saturated carbocycles. The van der Waals surface area contributed by atoms with Gasteiger partial charge in [-0.3, -0.25) is 20.2 Å². The minimum Gasteiger partial charge on any atom is -0.481 e. The van der Waals surface area contributed by atoms with Crippen LogP contribution in [0.4, 0.5) is 21.0 Å². The molecule has 12 nitrogen and oxygen atoms in total. The zero-order valence-corrected chi connectivity index (χ0v) is 27.2. The van der Waals surface area contributed by atoms with Gasteiger partial charge >= 0.3 is 12.2 Å². The Bertz CT molecular complexity index is 1660. The number of nitriles is 1. The van der Waals surface area contributed by atoms with E-state index in [1.807, 2.05) is 19.9 Å². The maximum Gasteiger partial charge on any atom is 0.412 e. The number of amides is 4. The lowest BCUT2D eigenvalue weighted by Gasteiger charge is -2.36. The van der Waals surface area contributed by atoms with Crippen LogP contribution in [0.3, 0.4) is 0 Å². The monoisotopic (exact) mass is 703 g/mol. The number of rotatable bonds is 11. The highest BCUT2D eigenvalue weighted by atomic mass is 79.9. The molecule has 0 radical (unpaired) electrons. The van der Waals surface area contributed by atoms with Crippen LogP contribution in [0.15, 0.2) is 95.0 Å². The van der Waals surface area contributed by atoms with E-state index in [-0.39, 0.29) is 23.7 Å². The standard InChI is InChI=1S/C34H34BrN5O7/c1-20(2)15-26(31(37)41)40-32(42)22-17-28(45-27-14-13-21(19-36)16-25(27)35)30(47-34(44)39-24-11-7-4-8-12-24)29(18-22)46-33(43)38-23-9-5-3-6-10-23/h3-14,16-17,20,26,28-30H,15,18H2,1-2H3,(H2,37,41)(H,38,43)(H,39,44)(H,40,42)/t26-,28-,29-,30+/m1/s1. The lowest BCUT2D eigenvalue weighted by molar-refractivity contribution is -0.126. The number of carbonyl (C=O) groups excluding carboxylic acids is 4. The molecule has 4 amide bonds. The van der Waals surface area contributed by atoms with E-state index in [9.17, 15) is 24.4 Å². The molecule has 13 heteroatoms. The van der Waals surface area contributed by atoms with Gasteiger partial charge in [-0.05, 0) is 76.8 Å². The number of nitrogens with one attached hydrogen (secondary N) is 3. The molecule has 1 aliphatic carbocycles. The molecular formula is C34H34BrN5O7. The van der Waals surface area contributed by atoms with E-state index in [1.165, 1.54) is 24.3 Å². The molecule has 0 unspecified atom stereocenters. The normalized spacial score (nSPS) is 17.7. The summed E-state index contributed by atoms with van der Waals surface area (Å²) in [5.74, 6) is -1.03. The van der Waals surface area contributed by atoms with Gasteiger partial charge in [-0.2, -0.15) is 5.26 Å². The molecule has 0 saturated heterocycles. The zero-order chi connectivity index (χ0) is 33.9. The number of halogens is 1. The number of nitrogens with zero attached hydrogens (tertiary/aromatic N) is 1. The van der Waals surface area contributed by atoms with Crippen molar-refractivity contribution in [2.24, 2.45) is 11.7 Å². The number of anilines is 2. The Balaban J connectivity index is 1.70. The Kier molecular flexibility index (Phi) is 12.0. The molecule has 1 aliphatic rings. The summed E-state index contributed by atoms with van der Waals surface area (Å²) in [6.07, 6.45) is -3.85. The molecule has 0 heterocycles. The molecule has 0 bridgehead atoms. The quantitative estimate of drug-likeness (QED) is 0.198. The van der Waals surface area contributed by atoms with Crippen molar-refractivity contribution in [3.63, 3.8) is 0 Å². The highest BCUT2D eigenvalue weighted by Gasteiger charge is 2.42. The van der Waals surface area contributed by atoms with Crippen molar-refractivity contribution in [1.82, 2.24) is 5.32 Å². The molecule has 47 heavy (non-hydrogen) atoms. The third-order valence-corrected chi connectivity index (χ3v) is 7.61. The first kappa shape index (κ1) is 34.5. The summed E-state index contributed by atoms with van der Waals surface area (Å²) in [4.78, 5) is 52.0. The minimum atomic E-state index is -1.26. The van der Waals surface area contributed by atoms with Crippen LogP contribution < -0.4 is 26.4 Å². The second-order valence-corrected chi connectivity index (χ2v) is 11.9. The molecule has 0 aliphatic heterocycles. The van der Waals surface area contributed by atoms with Gasteiger partial charge in [0.15, 0.2) is 12.2 Å². The summed E-state index contributed by atoms with van der Waals surface area (Å²) in [6, 6.07) is 22.8. The summed E-state index contributed by atoms with van der Waals surface area (Å²) in [7, 11) is 0. The van der Waals surface area contributed by atoms with Crippen molar-refractivity contribution in [3.05, 3.63) is 101 Å². The maximum atomic E-state index is 13.6. The highest BCUT2D eigenvalue weighted by molar-refractivity contribution is 9.10. The molecule has 4 atom stereocenters. The van der Waals surface area contributed by atoms with Crippen molar-refractivity contribution < 1.29 is 33.4 Å². The van der Waals surface area contributed by atoms with Gasteiger partial charge in [0.1, 0.15) is 17.9 Å². The van der Waals surface area contributed by atoms with Gasteiger partial charge in [0.2, 0.25) is 11.8 Å². The number of benzene rings is 3. The summed E-state index contributed by atoms with van der Waals surface area (Å²) in [5.41, 5.74) is 6.95.